The minimum absolute atomic E-state index is 0.0951. The number of hydrogen-bond acceptors (Lipinski definition) is 3. The molecule has 3 rings (SSSR count). The highest BCUT2D eigenvalue weighted by molar-refractivity contribution is 7.18. The average Bonchev–Trinajstić information content (AvgIpc) is 2.97. The Labute approximate surface area is 150 Å². The molecule has 0 N–H and O–H groups in total. The van der Waals surface area contributed by atoms with E-state index in [0.717, 1.165) is 22.5 Å². The summed E-state index contributed by atoms with van der Waals surface area (Å²) in [5.41, 5.74) is 2.14. The molecule has 1 aromatic heterocycles. The smallest absolute Gasteiger partial charge is 0.222 e. The molecule has 124 valence electrons. The third kappa shape index (κ3) is 3.94. The molecule has 1 amide bonds. The Morgan fingerprint density at radius 2 is 1.88 bits per heavy atom. The molecule has 0 radical (unpaired) electrons. The van der Waals surface area contributed by atoms with Crippen LogP contribution in [0, 0.1) is 0 Å². The highest BCUT2D eigenvalue weighted by Gasteiger charge is 2.20. The van der Waals surface area contributed by atoms with Gasteiger partial charge in [0.15, 0.2) is 0 Å². The molecule has 0 spiro atoms. The van der Waals surface area contributed by atoms with E-state index >= 15 is 0 Å². The molecule has 3 nitrogen and oxygen atoms in total. The standard InChI is InChI=1S/C19H19ClN2OS/c1-22(2)19(23)12-14(13-7-9-15(20)10-8-13)11-18-21-16-5-3-4-6-17(16)24-18/h3-10,14H,11-12H2,1-2H3. The van der Waals surface area contributed by atoms with Crippen LogP contribution in [0.25, 0.3) is 10.2 Å². The van der Waals surface area contributed by atoms with Gasteiger partial charge in [-0.1, -0.05) is 35.9 Å². The van der Waals surface area contributed by atoms with Gasteiger partial charge in [-0.2, -0.15) is 0 Å². The van der Waals surface area contributed by atoms with Crippen LogP contribution >= 0.6 is 22.9 Å². The van der Waals surface area contributed by atoms with Crippen molar-refractivity contribution in [1.82, 2.24) is 9.88 Å². The first kappa shape index (κ1) is 16.9. The predicted molar refractivity (Wildman–Crippen MR) is 101 cm³/mol. The van der Waals surface area contributed by atoms with Crippen molar-refractivity contribution < 1.29 is 4.79 Å². The SMILES string of the molecule is CN(C)C(=O)CC(Cc1nc2ccccc2s1)c1ccc(Cl)cc1. The highest BCUT2D eigenvalue weighted by Crippen LogP contribution is 2.30. The van der Waals surface area contributed by atoms with E-state index in [2.05, 4.69) is 6.07 Å². The molecular weight excluding hydrogens is 340 g/mol. The van der Waals surface area contributed by atoms with Gasteiger partial charge < -0.3 is 4.90 Å². The van der Waals surface area contributed by atoms with Gasteiger partial charge in [-0.25, -0.2) is 4.98 Å². The summed E-state index contributed by atoms with van der Waals surface area (Å²) in [6, 6.07) is 15.9. The van der Waals surface area contributed by atoms with Crippen LogP contribution in [0.15, 0.2) is 48.5 Å². The molecule has 1 unspecified atom stereocenters. The number of fused-ring (bicyclic) bond motifs is 1. The number of carbonyl (C=O) groups excluding carboxylic acids is 1. The number of hydrogen-bond donors (Lipinski definition) is 0. The van der Waals surface area contributed by atoms with Crippen molar-refractivity contribution in [3.05, 3.63) is 64.1 Å². The lowest BCUT2D eigenvalue weighted by Gasteiger charge is -2.18. The maximum absolute atomic E-state index is 12.2. The summed E-state index contributed by atoms with van der Waals surface area (Å²) in [4.78, 5) is 18.6. The van der Waals surface area contributed by atoms with E-state index in [1.807, 2.05) is 42.5 Å². The molecule has 0 aliphatic rings. The number of halogens is 1. The molecule has 0 saturated carbocycles. The summed E-state index contributed by atoms with van der Waals surface area (Å²) < 4.78 is 1.18. The number of carbonyl (C=O) groups is 1. The normalized spacial score (nSPS) is 12.3. The Kier molecular flexibility index (Phi) is 5.17. The lowest BCUT2D eigenvalue weighted by atomic mass is 9.92. The average molecular weight is 359 g/mol. The van der Waals surface area contributed by atoms with Crippen LogP contribution < -0.4 is 0 Å². The number of amides is 1. The number of rotatable bonds is 5. The lowest BCUT2D eigenvalue weighted by molar-refractivity contribution is -0.129. The summed E-state index contributed by atoms with van der Waals surface area (Å²) in [5, 5.41) is 1.76. The fraction of sp³-hybridized carbons (Fsp3) is 0.263. The van der Waals surface area contributed by atoms with Crippen LogP contribution in [-0.4, -0.2) is 29.9 Å². The molecule has 5 heteroatoms. The Hall–Kier alpha value is -1.91. The van der Waals surface area contributed by atoms with Crippen LogP contribution in [0.1, 0.15) is 22.9 Å². The zero-order valence-corrected chi connectivity index (χ0v) is 15.3. The van der Waals surface area contributed by atoms with Gasteiger partial charge in [-0.15, -0.1) is 11.3 Å². The summed E-state index contributed by atoms with van der Waals surface area (Å²) in [6.45, 7) is 0. The van der Waals surface area contributed by atoms with Crippen LogP contribution in [0.5, 0.6) is 0 Å². The first-order chi connectivity index (χ1) is 11.5. The Morgan fingerprint density at radius 1 is 1.17 bits per heavy atom. The van der Waals surface area contributed by atoms with Crippen LogP contribution in [-0.2, 0) is 11.2 Å². The van der Waals surface area contributed by atoms with E-state index in [0.29, 0.717) is 11.4 Å². The molecular formula is C19H19ClN2OS. The van der Waals surface area contributed by atoms with E-state index in [4.69, 9.17) is 16.6 Å². The van der Waals surface area contributed by atoms with Crippen molar-refractivity contribution in [2.75, 3.05) is 14.1 Å². The van der Waals surface area contributed by atoms with Crippen molar-refractivity contribution in [3.8, 4) is 0 Å². The van der Waals surface area contributed by atoms with E-state index in [9.17, 15) is 4.79 Å². The van der Waals surface area contributed by atoms with E-state index < -0.39 is 0 Å². The van der Waals surface area contributed by atoms with Gasteiger partial charge in [0, 0.05) is 32.0 Å². The second-order valence-corrected chi connectivity index (χ2v) is 7.57. The zero-order valence-electron chi connectivity index (χ0n) is 13.7. The molecule has 1 heterocycles. The van der Waals surface area contributed by atoms with E-state index in [1.54, 1.807) is 30.3 Å². The van der Waals surface area contributed by atoms with Crippen molar-refractivity contribution in [3.63, 3.8) is 0 Å². The molecule has 0 fully saturated rings. The number of aromatic nitrogens is 1. The van der Waals surface area contributed by atoms with Gasteiger partial charge >= 0.3 is 0 Å². The fourth-order valence-electron chi connectivity index (χ4n) is 2.65. The molecule has 0 saturated heterocycles. The fourth-order valence-corrected chi connectivity index (χ4v) is 3.83. The zero-order chi connectivity index (χ0) is 17.1. The van der Waals surface area contributed by atoms with Gasteiger partial charge in [0.2, 0.25) is 5.91 Å². The van der Waals surface area contributed by atoms with Crippen molar-refractivity contribution in [2.24, 2.45) is 0 Å². The number of benzene rings is 2. The van der Waals surface area contributed by atoms with Gasteiger partial charge in [-0.3, -0.25) is 4.79 Å². The van der Waals surface area contributed by atoms with Crippen LogP contribution in [0.2, 0.25) is 5.02 Å². The minimum atomic E-state index is 0.0951. The highest BCUT2D eigenvalue weighted by atomic mass is 35.5. The summed E-state index contributed by atoms with van der Waals surface area (Å²) in [7, 11) is 3.58. The number of nitrogens with zero attached hydrogens (tertiary/aromatic N) is 2. The Balaban J connectivity index is 1.88. The maximum Gasteiger partial charge on any atom is 0.222 e. The van der Waals surface area contributed by atoms with E-state index in [-0.39, 0.29) is 11.8 Å². The number of para-hydroxylation sites is 1. The topological polar surface area (TPSA) is 33.2 Å². The molecule has 3 aromatic rings. The van der Waals surface area contributed by atoms with Crippen molar-refractivity contribution in [1.29, 1.82) is 0 Å². The molecule has 2 aromatic carbocycles. The predicted octanol–water partition coefficient (Wildman–Crippen LogP) is 4.75. The molecule has 1 atom stereocenters. The van der Waals surface area contributed by atoms with E-state index in [1.165, 1.54) is 4.70 Å². The second kappa shape index (κ2) is 7.32. The minimum Gasteiger partial charge on any atom is -0.349 e. The number of thiazole rings is 1. The van der Waals surface area contributed by atoms with Crippen molar-refractivity contribution >= 4 is 39.1 Å². The largest absolute Gasteiger partial charge is 0.349 e. The third-order valence-electron chi connectivity index (χ3n) is 4.02. The summed E-state index contributed by atoms with van der Waals surface area (Å²) >= 11 is 7.70. The third-order valence-corrected chi connectivity index (χ3v) is 5.33. The molecule has 0 aliphatic heterocycles. The van der Waals surface area contributed by atoms with Crippen molar-refractivity contribution in [2.45, 2.75) is 18.8 Å². The van der Waals surface area contributed by atoms with Gasteiger partial charge in [0.1, 0.15) is 0 Å². The van der Waals surface area contributed by atoms with Gasteiger partial charge in [-0.05, 0) is 35.7 Å². The Morgan fingerprint density at radius 3 is 2.54 bits per heavy atom. The van der Waals surface area contributed by atoms with Gasteiger partial charge in [0.25, 0.3) is 0 Å². The van der Waals surface area contributed by atoms with Gasteiger partial charge in [0.05, 0.1) is 15.2 Å². The lowest BCUT2D eigenvalue weighted by Crippen LogP contribution is -2.24. The summed E-state index contributed by atoms with van der Waals surface area (Å²) in [6.07, 6.45) is 1.21. The van der Waals surface area contributed by atoms with Crippen LogP contribution in [0.3, 0.4) is 0 Å². The molecule has 24 heavy (non-hydrogen) atoms. The monoisotopic (exact) mass is 358 g/mol. The first-order valence-corrected chi connectivity index (χ1v) is 9.02. The first-order valence-electron chi connectivity index (χ1n) is 7.83. The Bertz CT molecular complexity index is 809. The molecule has 0 aliphatic carbocycles. The quantitative estimate of drug-likeness (QED) is 0.659. The second-order valence-electron chi connectivity index (χ2n) is 6.02. The summed E-state index contributed by atoms with van der Waals surface area (Å²) in [5.74, 6) is 0.216. The molecule has 0 bridgehead atoms. The maximum atomic E-state index is 12.2. The van der Waals surface area contributed by atoms with Crippen LogP contribution in [0.4, 0.5) is 0 Å².